The molecule has 0 spiro atoms. The molecule has 0 heterocycles. The van der Waals surface area contributed by atoms with Crippen molar-refractivity contribution < 1.29 is 10.2 Å². The van der Waals surface area contributed by atoms with Gasteiger partial charge >= 0.3 is 0 Å². The molecule has 4 aliphatic rings. The average molecular weight is 638 g/mol. The first-order valence-corrected chi connectivity index (χ1v) is 15.1. The van der Waals surface area contributed by atoms with Gasteiger partial charge in [-0.2, -0.15) is 0 Å². The smallest absolute Gasteiger partial charge is 0.138 e. The Balaban J connectivity index is 1.29. The number of anilines is 1. The Bertz CT molecular complexity index is 1380. The average Bonchev–Trinajstić information content (AvgIpc) is 2.86. The lowest BCUT2D eigenvalue weighted by molar-refractivity contribution is -0.00621. The summed E-state index contributed by atoms with van der Waals surface area (Å²) in [5.74, 6) is 3.16. The van der Waals surface area contributed by atoms with E-state index in [9.17, 15) is 10.2 Å². The van der Waals surface area contributed by atoms with Crippen molar-refractivity contribution in [3.05, 3.63) is 79.7 Å². The molecule has 4 bridgehead atoms. The molecular weight excluding hydrogens is 604 g/mol. The van der Waals surface area contributed by atoms with Gasteiger partial charge in [-0.25, -0.2) is 0 Å². The lowest BCUT2D eigenvalue weighted by atomic mass is 9.48. The number of para-hydroxylation sites is 2. The number of benzene rings is 3. The molecule has 0 aromatic heterocycles. The lowest BCUT2D eigenvalue weighted by Crippen LogP contribution is -2.48. The summed E-state index contributed by atoms with van der Waals surface area (Å²) in [6, 6.07) is 16.1. The van der Waals surface area contributed by atoms with Crippen molar-refractivity contribution in [2.75, 3.05) is 11.9 Å². The molecule has 4 nitrogen and oxygen atoms in total. The summed E-state index contributed by atoms with van der Waals surface area (Å²) < 4.78 is 1.47. The molecule has 0 radical (unpaired) electrons. The van der Waals surface area contributed by atoms with E-state index in [1.807, 2.05) is 31.3 Å². The third kappa shape index (κ3) is 4.79. The highest BCUT2D eigenvalue weighted by atomic mass is 79.9. The summed E-state index contributed by atoms with van der Waals surface area (Å²) >= 11 is 6.87. The minimum Gasteiger partial charge on any atom is -0.507 e. The Morgan fingerprint density at radius 1 is 0.947 bits per heavy atom. The molecule has 3 aromatic rings. The van der Waals surface area contributed by atoms with Crippen LogP contribution in [-0.2, 0) is 12.0 Å². The monoisotopic (exact) mass is 636 g/mol. The molecule has 2 N–H and O–H groups in total. The second kappa shape index (κ2) is 10.0. The quantitative estimate of drug-likeness (QED) is 0.266. The molecule has 0 aliphatic heterocycles. The second-order valence-electron chi connectivity index (χ2n) is 11.9. The van der Waals surface area contributed by atoms with Gasteiger partial charge in [-0.15, -0.1) is 0 Å². The molecule has 38 heavy (non-hydrogen) atoms. The van der Waals surface area contributed by atoms with Gasteiger partial charge in [0, 0.05) is 41.0 Å². The van der Waals surface area contributed by atoms with Crippen LogP contribution in [0.2, 0.25) is 0 Å². The highest BCUT2D eigenvalue weighted by molar-refractivity contribution is 9.11. The molecule has 0 saturated heterocycles. The van der Waals surface area contributed by atoms with Crippen LogP contribution in [0.4, 0.5) is 11.4 Å². The van der Waals surface area contributed by atoms with Crippen LogP contribution in [0.5, 0.6) is 11.5 Å². The van der Waals surface area contributed by atoms with Gasteiger partial charge in [-0.05, 0) is 109 Å². The van der Waals surface area contributed by atoms with Crippen molar-refractivity contribution in [3.63, 3.8) is 0 Å². The molecule has 4 fully saturated rings. The van der Waals surface area contributed by atoms with E-state index in [2.05, 4.69) is 61.9 Å². The second-order valence-corrected chi connectivity index (χ2v) is 13.7. The minimum atomic E-state index is 0.153. The maximum atomic E-state index is 11.7. The number of hydrogen-bond acceptors (Lipinski definition) is 4. The molecular formula is C32H34Br2N2O2. The van der Waals surface area contributed by atoms with E-state index in [-0.39, 0.29) is 11.2 Å². The Hall–Kier alpha value is -2.31. The molecule has 198 valence electrons. The van der Waals surface area contributed by atoms with E-state index >= 15 is 0 Å². The van der Waals surface area contributed by atoms with E-state index in [1.165, 1.54) is 49.7 Å². The summed E-state index contributed by atoms with van der Waals surface area (Å²) in [6.07, 6.45) is 9.59. The van der Waals surface area contributed by atoms with Crippen molar-refractivity contribution in [1.29, 1.82) is 0 Å². The maximum absolute atomic E-state index is 11.7. The molecule has 0 amide bonds. The Kier molecular flexibility index (Phi) is 6.84. The first kappa shape index (κ1) is 25.9. The van der Waals surface area contributed by atoms with E-state index in [0.717, 1.165) is 39.2 Å². The van der Waals surface area contributed by atoms with E-state index in [1.54, 1.807) is 12.3 Å². The molecule has 4 saturated carbocycles. The van der Waals surface area contributed by atoms with Crippen molar-refractivity contribution in [2.24, 2.45) is 22.7 Å². The number of aromatic hydroxyl groups is 2. The van der Waals surface area contributed by atoms with Crippen LogP contribution in [0, 0.1) is 24.7 Å². The van der Waals surface area contributed by atoms with Crippen molar-refractivity contribution in [3.8, 4) is 11.5 Å². The number of phenolic OH excluding ortho intramolecular Hbond substituents is 2. The fourth-order valence-corrected chi connectivity index (χ4v) is 9.14. The van der Waals surface area contributed by atoms with Gasteiger partial charge in [0.05, 0.1) is 15.8 Å². The van der Waals surface area contributed by atoms with Gasteiger partial charge in [-0.3, -0.25) is 4.99 Å². The summed E-state index contributed by atoms with van der Waals surface area (Å²) in [5, 5.41) is 22.1. The third-order valence-corrected chi connectivity index (χ3v) is 10.1. The molecule has 4 aliphatic carbocycles. The van der Waals surface area contributed by atoms with E-state index < -0.39 is 0 Å². The summed E-state index contributed by atoms with van der Waals surface area (Å²) in [6.45, 7) is 2.75. The van der Waals surface area contributed by atoms with Gasteiger partial charge in [0.15, 0.2) is 0 Å². The molecule has 0 unspecified atom stereocenters. The zero-order valence-corrected chi connectivity index (χ0v) is 25.1. The van der Waals surface area contributed by atoms with E-state index in [4.69, 9.17) is 4.99 Å². The van der Waals surface area contributed by atoms with Gasteiger partial charge in [-0.1, -0.05) is 45.8 Å². The van der Waals surface area contributed by atoms with Gasteiger partial charge in [0.2, 0.25) is 0 Å². The van der Waals surface area contributed by atoms with Crippen LogP contribution >= 0.6 is 31.9 Å². The first-order chi connectivity index (χ1) is 18.2. The Morgan fingerprint density at radius 2 is 1.61 bits per heavy atom. The standard InChI is InChI=1S/C32H34Br2N2O2/c1-19-7-24(30(37)26(8-19)32-14-20-9-21(15-32)11-22(10-20)16-32)18-36(2)29-6-4-3-5-28(29)35-17-23-12-25(33)13-27(34)31(23)38/h3-8,12-13,17,20-22,37-38H,9-11,14-16,18H2,1-2H3. The largest absolute Gasteiger partial charge is 0.507 e. The number of aryl methyl sites for hydroxylation is 1. The Labute approximate surface area is 242 Å². The van der Waals surface area contributed by atoms with Crippen LogP contribution in [0.25, 0.3) is 0 Å². The summed E-state index contributed by atoms with van der Waals surface area (Å²) in [7, 11) is 2.05. The predicted molar refractivity (Wildman–Crippen MR) is 162 cm³/mol. The Morgan fingerprint density at radius 3 is 2.29 bits per heavy atom. The highest BCUT2D eigenvalue weighted by Gasteiger charge is 2.52. The van der Waals surface area contributed by atoms with Gasteiger partial charge in [0.1, 0.15) is 11.5 Å². The molecule has 3 aromatic carbocycles. The maximum Gasteiger partial charge on any atom is 0.138 e. The number of phenols is 2. The van der Waals surface area contributed by atoms with Gasteiger partial charge in [0.25, 0.3) is 0 Å². The predicted octanol–water partition coefficient (Wildman–Crippen LogP) is 8.79. The fourth-order valence-electron chi connectivity index (χ4n) is 7.88. The summed E-state index contributed by atoms with van der Waals surface area (Å²) in [4.78, 5) is 6.89. The third-order valence-electron chi connectivity index (χ3n) is 9.04. The zero-order valence-electron chi connectivity index (χ0n) is 21.9. The van der Waals surface area contributed by atoms with Crippen molar-refractivity contribution in [1.82, 2.24) is 0 Å². The van der Waals surface area contributed by atoms with E-state index in [0.29, 0.717) is 22.3 Å². The van der Waals surface area contributed by atoms with Crippen LogP contribution < -0.4 is 4.90 Å². The fraction of sp³-hybridized carbons (Fsp3) is 0.406. The zero-order chi connectivity index (χ0) is 26.6. The SMILES string of the molecule is Cc1cc(CN(C)c2ccccc2N=Cc2cc(Br)cc(Br)c2O)c(O)c(C23CC4CC(CC(C4)C2)C3)c1. The normalized spacial score (nSPS) is 25.8. The summed E-state index contributed by atoms with van der Waals surface area (Å²) in [5.41, 5.74) is 5.95. The number of hydrogen-bond donors (Lipinski definition) is 2. The van der Waals surface area contributed by atoms with Crippen LogP contribution in [0.1, 0.15) is 60.8 Å². The van der Waals surface area contributed by atoms with Gasteiger partial charge < -0.3 is 15.1 Å². The number of aliphatic imine (C=N–C) groups is 1. The van der Waals surface area contributed by atoms with Crippen molar-refractivity contribution in [2.45, 2.75) is 57.4 Å². The molecule has 6 heteroatoms. The molecule has 0 atom stereocenters. The van der Waals surface area contributed by atoms with Crippen molar-refractivity contribution >= 4 is 49.4 Å². The minimum absolute atomic E-state index is 0.153. The number of halogens is 2. The number of rotatable bonds is 6. The lowest BCUT2D eigenvalue weighted by Gasteiger charge is -2.57. The first-order valence-electron chi connectivity index (χ1n) is 13.6. The topological polar surface area (TPSA) is 56.1 Å². The highest BCUT2D eigenvalue weighted by Crippen LogP contribution is 2.62. The molecule has 7 rings (SSSR count). The van der Waals surface area contributed by atoms with Crippen LogP contribution in [0.3, 0.4) is 0 Å². The van der Waals surface area contributed by atoms with Crippen LogP contribution in [0.15, 0.2) is 62.5 Å². The van der Waals surface area contributed by atoms with Crippen LogP contribution in [-0.4, -0.2) is 23.5 Å². The number of nitrogens with zero attached hydrogens (tertiary/aromatic N) is 2.